The highest BCUT2D eigenvalue weighted by molar-refractivity contribution is 5.78. The lowest BCUT2D eigenvalue weighted by atomic mass is 9.76. The molecule has 1 saturated carbocycles. The van der Waals surface area contributed by atoms with E-state index in [1.807, 2.05) is 0 Å². The number of carbonyl (C=O) groups is 1. The van der Waals surface area contributed by atoms with Crippen LogP contribution in [0.1, 0.15) is 72.1 Å². The molecule has 0 radical (unpaired) electrons. The van der Waals surface area contributed by atoms with Crippen LogP contribution in [-0.4, -0.2) is 34.6 Å². The Balaban J connectivity index is 2.15. The van der Waals surface area contributed by atoms with Crippen LogP contribution in [0, 0.1) is 11.3 Å². The fourth-order valence-electron chi connectivity index (χ4n) is 4.18. The highest BCUT2D eigenvalue weighted by Gasteiger charge is 2.46. The van der Waals surface area contributed by atoms with E-state index < -0.39 is 11.5 Å². The minimum atomic E-state index is -0.575. The van der Waals surface area contributed by atoms with Crippen molar-refractivity contribution in [1.29, 1.82) is 0 Å². The molecule has 2 aliphatic rings. The first kappa shape index (κ1) is 15.8. The lowest BCUT2D eigenvalue weighted by Gasteiger charge is -2.42. The second-order valence-electron chi connectivity index (χ2n) is 7.88. The molecule has 3 heteroatoms. The van der Waals surface area contributed by atoms with Gasteiger partial charge in [-0.2, -0.15) is 0 Å². The zero-order chi connectivity index (χ0) is 14.8. The number of piperidine rings is 1. The lowest BCUT2D eigenvalue weighted by molar-refractivity contribution is -0.154. The van der Waals surface area contributed by atoms with Crippen molar-refractivity contribution < 1.29 is 9.90 Å². The summed E-state index contributed by atoms with van der Waals surface area (Å²) in [7, 11) is 0. The number of carboxylic acid groups (broad SMARTS) is 1. The van der Waals surface area contributed by atoms with Crippen molar-refractivity contribution in [3.63, 3.8) is 0 Å². The number of hydrogen-bond acceptors (Lipinski definition) is 2. The molecule has 0 aromatic carbocycles. The molecule has 0 aromatic heterocycles. The minimum Gasteiger partial charge on any atom is -0.480 e. The first-order valence-electron chi connectivity index (χ1n) is 8.35. The Bertz CT molecular complexity index is 341. The van der Waals surface area contributed by atoms with E-state index in [9.17, 15) is 9.90 Å². The van der Waals surface area contributed by atoms with E-state index in [2.05, 4.69) is 25.7 Å². The third-order valence-corrected chi connectivity index (χ3v) is 5.63. The van der Waals surface area contributed by atoms with Gasteiger partial charge in [-0.3, -0.25) is 9.69 Å². The minimum absolute atomic E-state index is 0.302. The molecule has 0 spiro atoms. The molecule has 1 aliphatic heterocycles. The Labute approximate surface area is 123 Å². The topological polar surface area (TPSA) is 40.5 Å². The van der Waals surface area contributed by atoms with E-state index in [1.54, 1.807) is 0 Å². The number of hydrogen-bond donors (Lipinski definition) is 1. The van der Waals surface area contributed by atoms with Crippen LogP contribution < -0.4 is 0 Å². The van der Waals surface area contributed by atoms with Crippen molar-refractivity contribution in [2.75, 3.05) is 13.1 Å². The zero-order valence-corrected chi connectivity index (χ0v) is 13.5. The number of likely N-dealkylation sites (tertiary alicyclic amines) is 1. The van der Waals surface area contributed by atoms with Gasteiger partial charge in [-0.15, -0.1) is 0 Å². The third-order valence-electron chi connectivity index (χ3n) is 5.63. The van der Waals surface area contributed by atoms with Gasteiger partial charge in [-0.05, 0) is 62.9 Å². The van der Waals surface area contributed by atoms with Gasteiger partial charge in [0.15, 0.2) is 0 Å². The van der Waals surface area contributed by atoms with Crippen LogP contribution in [0.3, 0.4) is 0 Å². The fourth-order valence-corrected chi connectivity index (χ4v) is 4.18. The van der Waals surface area contributed by atoms with Gasteiger partial charge in [0.1, 0.15) is 5.54 Å². The molecule has 1 saturated heterocycles. The van der Waals surface area contributed by atoms with E-state index >= 15 is 0 Å². The van der Waals surface area contributed by atoms with Gasteiger partial charge < -0.3 is 5.11 Å². The average molecular weight is 281 g/mol. The quantitative estimate of drug-likeness (QED) is 0.780. The highest BCUT2D eigenvalue weighted by atomic mass is 16.4. The average Bonchev–Trinajstić information content (AvgIpc) is 2.63. The van der Waals surface area contributed by atoms with E-state index in [1.165, 1.54) is 12.8 Å². The number of nitrogens with zero attached hydrogens (tertiary/aromatic N) is 1. The third kappa shape index (κ3) is 3.19. The Hall–Kier alpha value is -0.570. The van der Waals surface area contributed by atoms with Crippen molar-refractivity contribution in [2.24, 2.45) is 11.3 Å². The predicted octanol–water partition coefficient (Wildman–Crippen LogP) is 3.92. The zero-order valence-electron chi connectivity index (χ0n) is 13.5. The molecule has 1 N–H and O–H groups in total. The highest BCUT2D eigenvalue weighted by Crippen LogP contribution is 2.42. The molecular weight excluding hydrogens is 250 g/mol. The van der Waals surface area contributed by atoms with Gasteiger partial charge in [-0.1, -0.05) is 33.6 Å². The summed E-state index contributed by atoms with van der Waals surface area (Å²) in [5.74, 6) is 0.0856. The van der Waals surface area contributed by atoms with Crippen LogP contribution in [-0.2, 0) is 4.79 Å². The summed E-state index contributed by atoms with van der Waals surface area (Å²) >= 11 is 0. The van der Waals surface area contributed by atoms with Crippen LogP contribution in [0.25, 0.3) is 0 Å². The van der Waals surface area contributed by atoms with Crippen LogP contribution in [0.15, 0.2) is 0 Å². The molecule has 2 unspecified atom stereocenters. The lowest BCUT2D eigenvalue weighted by Crippen LogP contribution is -2.56. The number of carboxylic acids is 1. The van der Waals surface area contributed by atoms with Crippen molar-refractivity contribution in [1.82, 2.24) is 4.90 Å². The standard InChI is InChI=1S/C17H31NO2/c1-16(2,3)14-8-7-10-17(11-9-14,15(19)20)18-12-5-4-6-13-18/h14H,4-13H2,1-3H3,(H,19,20). The second kappa shape index (κ2) is 6.05. The maximum Gasteiger partial charge on any atom is 0.324 e. The van der Waals surface area contributed by atoms with Crippen LogP contribution in [0.5, 0.6) is 0 Å². The van der Waals surface area contributed by atoms with Crippen molar-refractivity contribution in [3.05, 3.63) is 0 Å². The van der Waals surface area contributed by atoms with Crippen molar-refractivity contribution in [2.45, 2.75) is 77.7 Å². The number of aliphatic carboxylic acids is 1. The summed E-state index contributed by atoms with van der Waals surface area (Å²) in [5.41, 5.74) is -0.267. The summed E-state index contributed by atoms with van der Waals surface area (Å²) < 4.78 is 0. The molecule has 1 heterocycles. The van der Waals surface area contributed by atoms with Crippen LogP contribution in [0.4, 0.5) is 0 Å². The Morgan fingerprint density at radius 3 is 2.25 bits per heavy atom. The van der Waals surface area contributed by atoms with E-state index in [0.717, 1.165) is 51.6 Å². The maximum absolute atomic E-state index is 12.0. The molecule has 1 aliphatic carbocycles. The summed E-state index contributed by atoms with van der Waals surface area (Å²) in [5, 5.41) is 9.91. The molecule has 0 amide bonds. The monoisotopic (exact) mass is 281 g/mol. The molecule has 3 nitrogen and oxygen atoms in total. The first-order valence-corrected chi connectivity index (χ1v) is 8.35. The molecule has 2 atom stereocenters. The molecule has 2 rings (SSSR count). The number of rotatable bonds is 2. The van der Waals surface area contributed by atoms with E-state index in [4.69, 9.17) is 0 Å². The maximum atomic E-state index is 12.0. The Morgan fingerprint density at radius 2 is 1.70 bits per heavy atom. The van der Waals surface area contributed by atoms with Gasteiger partial charge in [0.2, 0.25) is 0 Å². The molecule has 116 valence electrons. The molecule has 0 aromatic rings. The SMILES string of the molecule is CC(C)(C)C1CCCC(C(=O)O)(N2CCCCC2)CC1. The van der Waals surface area contributed by atoms with Crippen molar-refractivity contribution in [3.8, 4) is 0 Å². The normalized spacial score (nSPS) is 33.6. The predicted molar refractivity (Wildman–Crippen MR) is 81.8 cm³/mol. The van der Waals surface area contributed by atoms with Crippen LogP contribution >= 0.6 is 0 Å². The summed E-state index contributed by atoms with van der Waals surface area (Å²) in [4.78, 5) is 14.3. The largest absolute Gasteiger partial charge is 0.480 e. The van der Waals surface area contributed by atoms with Gasteiger partial charge in [-0.25, -0.2) is 0 Å². The van der Waals surface area contributed by atoms with Gasteiger partial charge in [0.25, 0.3) is 0 Å². The van der Waals surface area contributed by atoms with Crippen LogP contribution in [0.2, 0.25) is 0 Å². The molecule has 2 fully saturated rings. The first-order chi connectivity index (χ1) is 9.36. The molecule has 20 heavy (non-hydrogen) atoms. The van der Waals surface area contributed by atoms with Crippen molar-refractivity contribution >= 4 is 5.97 Å². The van der Waals surface area contributed by atoms with Gasteiger partial charge in [0.05, 0.1) is 0 Å². The van der Waals surface area contributed by atoms with E-state index in [-0.39, 0.29) is 0 Å². The second-order valence-corrected chi connectivity index (χ2v) is 7.88. The summed E-state index contributed by atoms with van der Waals surface area (Å²) in [6.07, 6.45) is 8.58. The molecular formula is C17H31NO2. The van der Waals surface area contributed by atoms with E-state index in [0.29, 0.717) is 11.3 Å². The Morgan fingerprint density at radius 1 is 1.05 bits per heavy atom. The van der Waals surface area contributed by atoms with Gasteiger partial charge >= 0.3 is 5.97 Å². The molecule has 0 bridgehead atoms. The summed E-state index contributed by atoms with van der Waals surface area (Å²) in [6.45, 7) is 8.85. The smallest absolute Gasteiger partial charge is 0.324 e. The fraction of sp³-hybridized carbons (Fsp3) is 0.941. The Kier molecular flexibility index (Phi) is 4.78. The summed E-state index contributed by atoms with van der Waals surface area (Å²) in [6, 6.07) is 0. The van der Waals surface area contributed by atoms with Gasteiger partial charge in [0, 0.05) is 0 Å².